The standard InChI is InChI=1S/C15H22ClNOS/c1-10(14(9-18)19-2)17-15(11-3-4-11)12-5-7-13(16)8-6-12/h5-8,10-11,14-15,17-18H,3-4,9H2,1-2H3. The lowest BCUT2D eigenvalue weighted by molar-refractivity contribution is 0.267. The van der Waals surface area contributed by atoms with E-state index < -0.39 is 0 Å². The van der Waals surface area contributed by atoms with Crippen molar-refractivity contribution >= 4 is 23.4 Å². The summed E-state index contributed by atoms with van der Waals surface area (Å²) in [5.41, 5.74) is 1.30. The molecule has 1 aromatic rings. The van der Waals surface area contributed by atoms with Gasteiger partial charge in [0.15, 0.2) is 0 Å². The number of benzene rings is 1. The van der Waals surface area contributed by atoms with Gasteiger partial charge in [0, 0.05) is 22.4 Å². The van der Waals surface area contributed by atoms with Gasteiger partial charge in [-0.05, 0) is 49.6 Å². The third-order valence-electron chi connectivity index (χ3n) is 3.81. The number of rotatable bonds is 7. The molecule has 0 saturated heterocycles. The van der Waals surface area contributed by atoms with Crippen LogP contribution in [0.25, 0.3) is 0 Å². The van der Waals surface area contributed by atoms with Gasteiger partial charge < -0.3 is 10.4 Å². The summed E-state index contributed by atoms with van der Waals surface area (Å²) in [5, 5.41) is 14.1. The fraction of sp³-hybridized carbons (Fsp3) is 0.600. The summed E-state index contributed by atoms with van der Waals surface area (Å²) in [6, 6.07) is 8.80. The molecule has 19 heavy (non-hydrogen) atoms. The van der Waals surface area contributed by atoms with Gasteiger partial charge in [0.05, 0.1) is 6.61 Å². The van der Waals surface area contributed by atoms with E-state index in [-0.39, 0.29) is 11.9 Å². The number of halogens is 1. The topological polar surface area (TPSA) is 32.3 Å². The summed E-state index contributed by atoms with van der Waals surface area (Å²) in [6.45, 7) is 2.37. The van der Waals surface area contributed by atoms with Crippen molar-refractivity contribution in [3.8, 4) is 0 Å². The van der Waals surface area contributed by atoms with E-state index in [0.717, 1.165) is 10.9 Å². The molecule has 0 aromatic heterocycles. The molecule has 2 rings (SSSR count). The third kappa shape index (κ3) is 4.12. The van der Waals surface area contributed by atoms with Gasteiger partial charge in [-0.2, -0.15) is 11.8 Å². The van der Waals surface area contributed by atoms with Crippen molar-refractivity contribution in [2.45, 2.75) is 37.1 Å². The van der Waals surface area contributed by atoms with Gasteiger partial charge in [-0.1, -0.05) is 23.7 Å². The van der Waals surface area contributed by atoms with Crippen LogP contribution >= 0.6 is 23.4 Å². The third-order valence-corrected chi connectivity index (χ3v) is 5.22. The highest BCUT2D eigenvalue weighted by Crippen LogP contribution is 2.41. The van der Waals surface area contributed by atoms with Gasteiger partial charge >= 0.3 is 0 Å². The first kappa shape index (κ1) is 15.2. The Morgan fingerprint density at radius 3 is 2.47 bits per heavy atom. The first-order valence-electron chi connectivity index (χ1n) is 6.81. The summed E-state index contributed by atoms with van der Waals surface area (Å²) < 4.78 is 0. The molecule has 3 atom stereocenters. The molecule has 1 saturated carbocycles. The van der Waals surface area contributed by atoms with Gasteiger partial charge in [-0.3, -0.25) is 0 Å². The molecule has 0 spiro atoms. The zero-order valence-corrected chi connectivity index (χ0v) is 13.0. The van der Waals surface area contributed by atoms with E-state index in [9.17, 15) is 5.11 Å². The van der Waals surface area contributed by atoms with Crippen LogP contribution in [-0.2, 0) is 0 Å². The minimum atomic E-state index is 0.216. The minimum Gasteiger partial charge on any atom is -0.395 e. The summed E-state index contributed by atoms with van der Waals surface area (Å²) >= 11 is 7.67. The first-order valence-corrected chi connectivity index (χ1v) is 8.47. The maximum absolute atomic E-state index is 9.39. The predicted molar refractivity (Wildman–Crippen MR) is 83.9 cm³/mol. The normalized spacial score (nSPS) is 20.0. The molecule has 3 unspecified atom stereocenters. The average Bonchev–Trinajstić information content (AvgIpc) is 3.23. The average molecular weight is 300 g/mol. The van der Waals surface area contributed by atoms with Crippen LogP contribution < -0.4 is 5.32 Å². The second-order valence-electron chi connectivity index (χ2n) is 5.28. The van der Waals surface area contributed by atoms with Crippen molar-refractivity contribution in [3.05, 3.63) is 34.9 Å². The fourth-order valence-electron chi connectivity index (χ4n) is 2.43. The van der Waals surface area contributed by atoms with E-state index in [1.54, 1.807) is 11.8 Å². The number of aliphatic hydroxyl groups is 1. The molecular formula is C15H22ClNOS. The van der Waals surface area contributed by atoms with E-state index in [1.807, 2.05) is 18.4 Å². The van der Waals surface area contributed by atoms with Crippen LogP contribution in [0.1, 0.15) is 31.4 Å². The lowest BCUT2D eigenvalue weighted by Gasteiger charge is -2.28. The van der Waals surface area contributed by atoms with Crippen molar-refractivity contribution in [2.75, 3.05) is 12.9 Å². The number of aliphatic hydroxyl groups excluding tert-OH is 1. The molecule has 1 fully saturated rings. The van der Waals surface area contributed by atoms with Gasteiger partial charge in [0.25, 0.3) is 0 Å². The van der Waals surface area contributed by atoms with Gasteiger partial charge in [0.2, 0.25) is 0 Å². The Hall–Kier alpha value is -0.220. The van der Waals surface area contributed by atoms with Crippen LogP contribution in [0.4, 0.5) is 0 Å². The van der Waals surface area contributed by atoms with E-state index in [2.05, 4.69) is 24.4 Å². The minimum absolute atomic E-state index is 0.216. The molecule has 106 valence electrons. The zero-order valence-electron chi connectivity index (χ0n) is 11.5. The lowest BCUT2D eigenvalue weighted by atomic mass is 10.0. The molecule has 1 aliphatic carbocycles. The summed E-state index contributed by atoms with van der Waals surface area (Å²) in [7, 11) is 0. The van der Waals surface area contributed by atoms with Crippen LogP contribution in [-0.4, -0.2) is 29.3 Å². The highest BCUT2D eigenvalue weighted by atomic mass is 35.5. The van der Waals surface area contributed by atoms with E-state index in [0.29, 0.717) is 12.1 Å². The quantitative estimate of drug-likeness (QED) is 0.808. The number of thioether (sulfide) groups is 1. The fourth-order valence-corrected chi connectivity index (χ4v) is 3.19. The van der Waals surface area contributed by atoms with Crippen LogP contribution in [0.3, 0.4) is 0 Å². The Morgan fingerprint density at radius 1 is 1.37 bits per heavy atom. The van der Waals surface area contributed by atoms with E-state index >= 15 is 0 Å². The maximum Gasteiger partial charge on any atom is 0.0564 e. The molecule has 2 N–H and O–H groups in total. The van der Waals surface area contributed by atoms with Crippen molar-refractivity contribution in [3.63, 3.8) is 0 Å². The second-order valence-corrected chi connectivity index (χ2v) is 6.79. The van der Waals surface area contributed by atoms with Crippen LogP contribution in [0.5, 0.6) is 0 Å². The zero-order chi connectivity index (χ0) is 13.8. The van der Waals surface area contributed by atoms with Gasteiger partial charge in [0.1, 0.15) is 0 Å². The molecule has 2 nitrogen and oxygen atoms in total. The van der Waals surface area contributed by atoms with Crippen molar-refractivity contribution < 1.29 is 5.11 Å². The molecule has 4 heteroatoms. The number of hydrogen-bond acceptors (Lipinski definition) is 3. The second kappa shape index (κ2) is 6.98. The molecule has 0 heterocycles. The Bertz CT molecular complexity index is 390. The largest absolute Gasteiger partial charge is 0.395 e. The Kier molecular flexibility index (Phi) is 5.58. The smallest absolute Gasteiger partial charge is 0.0564 e. The van der Waals surface area contributed by atoms with E-state index in [1.165, 1.54) is 18.4 Å². The number of nitrogens with one attached hydrogen (secondary N) is 1. The SMILES string of the molecule is CSC(CO)C(C)NC(c1ccc(Cl)cc1)C1CC1. The highest BCUT2D eigenvalue weighted by molar-refractivity contribution is 7.99. The predicted octanol–water partition coefficient (Wildman–Crippen LogP) is 3.49. The molecule has 0 aliphatic heterocycles. The highest BCUT2D eigenvalue weighted by Gasteiger charge is 2.33. The van der Waals surface area contributed by atoms with Crippen LogP contribution in [0.2, 0.25) is 5.02 Å². The van der Waals surface area contributed by atoms with Crippen LogP contribution in [0, 0.1) is 5.92 Å². The molecular weight excluding hydrogens is 278 g/mol. The molecule has 1 aromatic carbocycles. The van der Waals surface area contributed by atoms with Crippen molar-refractivity contribution in [1.29, 1.82) is 0 Å². The van der Waals surface area contributed by atoms with Gasteiger partial charge in [-0.25, -0.2) is 0 Å². The summed E-state index contributed by atoms with van der Waals surface area (Å²) in [6.07, 6.45) is 4.62. The lowest BCUT2D eigenvalue weighted by Crippen LogP contribution is -2.40. The first-order chi connectivity index (χ1) is 9.15. The Labute approximate surface area is 124 Å². The summed E-state index contributed by atoms with van der Waals surface area (Å²) in [4.78, 5) is 0. The molecule has 0 radical (unpaired) electrons. The maximum atomic E-state index is 9.39. The van der Waals surface area contributed by atoms with Crippen molar-refractivity contribution in [2.24, 2.45) is 5.92 Å². The summed E-state index contributed by atoms with van der Waals surface area (Å²) in [5.74, 6) is 0.727. The molecule has 0 bridgehead atoms. The van der Waals surface area contributed by atoms with Gasteiger partial charge in [-0.15, -0.1) is 0 Å². The Balaban J connectivity index is 2.06. The van der Waals surface area contributed by atoms with Crippen molar-refractivity contribution in [1.82, 2.24) is 5.32 Å². The molecule has 0 amide bonds. The van der Waals surface area contributed by atoms with Crippen LogP contribution in [0.15, 0.2) is 24.3 Å². The number of hydrogen-bond donors (Lipinski definition) is 2. The molecule has 1 aliphatic rings. The Morgan fingerprint density at radius 2 is 2.00 bits per heavy atom. The van der Waals surface area contributed by atoms with E-state index in [4.69, 9.17) is 11.6 Å². The monoisotopic (exact) mass is 299 g/mol.